The number of hydrogen-bond donors (Lipinski definition) is 1. The van der Waals surface area contributed by atoms with E-state index in [2.05, 4.69) is 4.98 Å². The largest absolute Gasteiger partial charge is 0.465 e. The summed E-state index contributed by atoms with van der Waals surface area (Å²) in [5.41, 5.74) is -0.0878. The number of aromatic amines is 1. The quantitative estimate of drug-likeness (QED) is 0.789. The average Bonchev–Trinajstić information content (AvgIpc) is 2.37. The van der Waals surface area contributed by atoms with Crippen molar-refractivity contribution in [3.63, 3.8) is 0 Å². The van der Waals surface area contributed by atoms with Crippen LogP contribution in [-0.4, -0.2) is 41.5 Å². The lowest BCUT2D eigenvalue weighted by Gasteiger charge is -2.23. The molecule has 1 rings (SSSR count). The minimum atomic E-state index is -0.452. The summed E-state index contributed by atoms with van der Waals surface area (Å²) in [5, 5.41) is 0. The summed E-state index contributed by atoms with van der Waals surface area (Å²) in [6.07, 6.45) is 1.41. The first-order chi connectivity index (χ1) is 9.43. The molecule has 0 unspecified atom stereocenters. The molecule has 1 aromatic rings. The zero-order chi connectivity index (χ0) is 15.1. The number of hydrogen-bond acceptors (Lipinski definition) is 4. The summed E-state index contributed by atoms with van der Waals surface area (Å²) in [6, 6.07) is 2.74. The highest BCUT2D eigenvalue weighted by molar-refractivity contribution is 5.95. The van der Waals surface area contributed by atoms with Gasteiger partial charge in [0.25, 0.3) is 5.91 Å². The van der Waals surface area contributed by atoms with E-state index in [0.29, 0.717) is 6.54 Å². The fourth-order valence-corrected chi connectivity index (χ4v) is 1.78. The van der Waals surface area contributed by atoms with Gasteiger partial charge in [0.1, 0.15) is 6.54 Å². The van der Waals surface area contributed by atoms with Gasteiger partial charge in [-0.25, -0.2) is 0 Å². The van der Waals surface area contributed by atoms with Gasteiger partial charge in [-0.05, 0) is 18.9 Å². The molecule has 20 heavy (non-hydrogen) atoms. The number of nitrogens with zero attached hydrogens (tertiary/aromatic N) is 1. The first-order valence-electron chi connectivity index (χ1n) is 6.57. The third kappa shape index (κ3) is 4.87. The highest BCUT2D eigenvalue weighted by Gasteiger charge is 2.20. The molecule has 1 N–H and O–H groups in total. The number of amides is 1. The molecular weight excluding hydrogens is 260 g/mol. The maximum Gasteiger partial charge on any atom is 0.325 e. The van der Waals surface area contributed by atoms with Gasteiger partial charge in [0.15, 0.2) is 0 Å². The van der Waals surface area contributed by atoms with Gasteiger partial charge < -0.3 is 14.6 Å². The van der Waals surface area contributed by atoms with E-state index in [9.17, 15) is 14.4 Å². The Morgan fingerprint density at radius 3 is 2.65 bits per heavy atom. The SMILES string of the molecule is CCOC(=O)CN(CC(C)C)C(=O)c1cc[nH]c(=O)c1. The maximum atomic E-state index is 12.3. The second-order valence-corrected chi connectivity index (χ2v) is 4.83. The molecular formula is C14H20N2O4. The zero-order valence-corrected chi connectivity index (χ0v) is 12.0. The van der Waals surface area contributed by atoms with E-state index in [1.807, 2.05) is 13.8 Å². The molecule has 0 spiro atoms. The van der Waals surface area contributed by atoms with Crippen molar-refractivity contribution in [3.8, 4) is 0 Å². The molecule has 0 aliphatic rings. The summed E-state index contributed by atoms with van der Waals surface area (Å²) in [5.74, 6) is -0.598. The Bertz CT molecular complexity index is 522. The van der Waals surface area contributed by atoms with Crippen molar-refractivity contribution in [3.05, 3.63) is 34.2 Å². The standard InChI is InChI=1S/C14H20N2O4/c1-4-20-13(18)9-16(8-10(2)3)14(19)11-5-6-15-12(17)7-11/h5-7,10H,4,8-9H2,1-3H3,(H,15,17). The van der Waals surface area contributed by atoms with Crippen LogP contribution >= 0.6 is 0 Å². The van der Waals surface area contributed by atoms with Gasteiger partial charge in [0.05, 0.1) is 6.61 Å². The molecule has 1 heterocycles. The Morgan fingerprint density at radius 2 is 2.10 bits per heavy atom. The van der Waals surface area contributed by atoms with Gasteiger partial charge in [-0.1, -0.05) is 13.8 Å². The van der Waals surface area contributed by atoms with Crippen LogP contribution in [0.1, 0.15) is 31.1 Å². The number of esters is 1. The topological polar surface area (TPSA) is 79.5 Å². The normalized spacial score (nSPS) is 10.4. The van der Waals surface area contributed by atoms with E-state index < -0.39 is 5.97 Å². The molecule has 0 atom stereocenters. The number of rotatable bonds is 6. The summed E-state index contributed by atoms with van der Waals surface area (Å²) < 4.78 is 4.86. The van der Waals surface area contributed by atoms with Crippen LogP contribution in [0.3, 0.4) is 0 Å². The molecule has 1 amide bonds. The van der Waals surface area contributed by atoms with E-state index in [0.717, 1.165) is 0 Å². The lowest BCUT2D eigenvalue weighted by molar-refractivity contribution is -0.143. The van der Waals surface area contributed by atoms with Gasteiger partial charge in [0.2, 0.25) is 5.56 Å². The Hall–Kier alpha value is -2.11. The smallest absolute Gasteiger partial charge is 0.325 e. The average molecular weight is 280 g/mol. The number of pyridine rings is 1. The van der Waals surface area contributed by atoms with E-state index in [1.165, 1.54) is 23.2 Å². The van der Waals surface area contributed by atoms with Crippen molar-refractivity contribution in [2.75, 3.05) is 19.7 Å². The van der Waals surface area contributed by atoms with Crippen molar-refractivity contribution in [2.45, 2.75) is 20.8 Å². The Morgan fingerprint density at radius 1 is 1.40 bits per heavy atom. The lowest BCUT2D eigenvalue weighted by atomic mass is 10.1. The van der Waals surface area contributed by atoms with Gasteiger partial charge in [-0.15, -0.1) is 0 Å². The molecule has 110 valence electrons. The van der Waals surface area contributed by atoms with Crippen LogP contribution in [-0.2, 0) is 9.53 Å². The first-order valence-corrected chi connectivity index (χ1v) is 6.57. The van der Waals surface area contributed by atoms with Gasteiger partial charge in [-0.2, -0.15) is 0 Å². The second kappa shape index (κ2) is 7.47. The number of ether oxygens (including phenoxy) is 1. The van der Waals surface area contributed by atoms with Crippen LogP contribution in [0.15, 0.2) is 23.1 Å². The molecule has 1 aromatic heterocycles. The Kier molecular flexibility index (Phi) is 5.96. The van der Waals surface area contributed by atoms with Gasteiger partial charge in [-0.3, -0.25) is 14.4 Å². The Balaban J connectivity index is 2.89. The van der Waals surface area contributed by atoms with E-state index in [-0.39, 0.29) is 36.1 Å². The summed E-state index contributed by atoms with van der Waals surface area (Å²) in [6.45, 7) is 6.19. The highest BCUT2D eigenvalue weighted by atomic mass is 16.5. The van der Waals surface area contributed by atoms with Crippen molar-refractivity contribution >= 4 is 11.9 Å². The Labute approximate surface area is 117 Å². The molecule has 0 aliphatic carbocycles. The third-order valence-corrected chi connectivity index (χ3v) is 2.52. The number of carbonyl (C=O) groups excluding carboxylic acids is 2. The third-order valence-electron chi connectivity index (χ3n) is 2.52. The second-order valence-electron chi connectivity index (χ2n) is 4.83. The monoisotopic (exact) mass is 280 g/mol. The van der Waals surface area contributed by atoms with Crippen molar-refractivity contribution in [1.29, 1.82) is 0 Å². The summed E-state index contributed by atoms with van der Waals surface area (Å²) in [4.78, 5) is 39.0. The molecule has 0 aromatic carbocycles. The fraction of sp³-hybridized carbons (Fsp3) is 0.500. The van der Waals surface area contributed by atoms with Crippen molar-refractivity contribution < 1.29 is 14.3 Å². The minimum absolute atomic E-state index is 0.113. The minimum Gasteiger partial charge on any atom is -0.465 e. The van der Waals surface area contributed by atoms with Crippen molar-refractivity contribution in [1.82, 2.24) is 9.88 Å². The van der Waals surface area contributed by atoms with Crippen LogP contribution in [0.25, 0.3) is 0 Å². The van der Waals surface area contributed by atoms with Crippen molar-refractivity contribution in [2.24, 2.45) is 5.92 Å². The maximum absolute atomic E-state index is 12.3. The van der Waals surface area contributed by atoms with E-state index in [1.54, 1.807) is 6.92 Å². The molecule has 6 heteroatoms. The number of nitrogens with one attached hydrogen (secondary N) is 1. The van der Waals surface area contributed by atoms with Crippen LogP contribution in [0, 0.1) is 5.92 Å². The molecule has 0 bridgehead atoms. The molecule has 0 radical (unpaired) electrons. The van der Waals surface area contributed by atoms with Gasteiger partial charge >= 0.3 is 5.97 Å². The molecule has 0 saturated heterocycles. The molecule has 0 fully saturated rings. The van der Waals surface area contributed by atoms with Crippen LogP contribution in [0.2, 0.25) is 0 Å². The summed E-state index contributed by atoms with van der Waals surface area (Å²) >= 11 is 0. The fourth-order valence-electron chi connectivity index (χ4n) is 1.78. The zero-order valence-electron chi connectivity index (χ0n) is 12.0. The number of aromatic nitrogens is 1. The first kappa shape index (κ1) is 15.9. The van der Waals surface area contributed by atoms with Crippen LogP contribution in [0.5, 0.6) is 0 Å². The number of carbonyl (C=O) groups is 2. The van der Waals surface area contributed by atoms with Crippen LogP contribution < -0.4 is 5.56 Å². The van der Waals surface area contributed by atoms with E-state index >= 15 is 0 Å². The predicted octanol–water partition coefficient (Wildman–Crippen LogP) is 1.04. The van der Waals surface area contributed by atoms with Crippen LogP contribution in [0.4, 0.5) is 0 Å². The summed E-state index contributed by atoms with van der Waals surface area (Å²) in [7, 11) is 0. The molecule has 0 saturated carbocycles. The number of H-pyrrole nitrogens is 1. The van der Waals surface area contributed by atoms with Gasteiger partial charge in [0, 0.05) is 24.4 Å². The molecule has 0 aliphatic heterocycles. The highest BCUT2D eigenvalue weighted by Crippen LogP contribution is 2.06. The predicted molar refractivity (Wildman–Crippen MR) is 74.4 cm³/mol. The van der Waals surface area contributed by atoms with E-state index in [4.69, 9.17) is 4.74 Å². The molecule has 6 nitrogen and oxygen atoms in total. The lowest BCUT2D eigenvalue weighted by Crippen LogP contribution is -2.39.